The SMILES string of the molecule is CC1CC(Nc2ccc(OC(C)(C)C)cc2)C(=O)O1. The summed E-state index contributed by atoms with van der Waals surface area (Å²) in [4.78, 5) is 11.5. The van der Waals surface area contributed by atoms with Gasteiger partial charge in [0.15, 0.2) is 0 Å². The summed E-state index contributed by atoms with van der Waals surface area (Å²) in [7, 11) is 0. The Balaban J connectivity index is 1.97. The van der Waals surface area contributed by atoms with Gasteiger partial charge >= 0.3 is 5.97 Å². The van der Waals surface area contributed by atoms with Crippen molar-refractivity contribution in [3.05, 3.63) is 24.3 Å². The fraction of sp³-hybridized carbons (Fsp3) is 0.533. The van der Waals surface area contributed by atoms with Crippen molar-refractivity contribution < 1.29 is 14.3 Å². The summed E-state index contributed by atoms with van der Waals surface area (Å²) in [6, 6.07) is 7.38. The van der Waals surface area contributed by atoms with Crippen molar-refractivity contribution in [2.75, 3.05) is 5.32 Å². The molecule has 0 saturated carbocycles. The van der Waals surface area contributed by atoms with Gasteiger partial charge in [-0.25, -0.2) is 4.79 Å². The van der Waals surface area contributed by atoms with Crippen LogP contribution < -0.4 is 10.1 Å². The van der Waals surface area contributed by atoms with E-state index in [1.165, 1.54) is 0 Å². The zero-order chi connectivity index (χ0) is 14.0. The van der Waals surface area contributed by atoms with E-state index >= 15 is 0 Å². The molecular weight excluding hydrogens is 242 g/mol. The Morgan fingerprint density at radius 3 is 2.37 bits per heavy atom. The van der Waals surface area contributed by atoms with E-state index in [9.17, 15) is 4.79 Å². The quantitative estimate of drug-likeness (QED) is 0.852. The number of esters is 1. The number of nitrogens with one attached hydrogen (secondary N) is 1. The standard InChI is InChI=1S/C15H21NO3/c1-10-9-13(14(17)18-10)16-11-5-7-12(8-6-11)19-15(2,3)4/h5-8,10,13,16H,9H2,1-4H3. The summed E-state index contributed by atoms with van der Waals surface area (Å²) in [6.07, 6.45) is 0.701. The molecule has 19 heavy (non-hydrogen) atoms. The monoisotopic (exact) mass is 263 g/mol. The first-order chi connectivity index (χ1) is 8.83. The second kappa shape index (κ2) is 5.11. The van der Waals surface area contributed by atoms with Crippen LogP contribution in [-0.2, 0) is 9.53 Å². The topological polar surface area (TPSA) is 47.6 Å². The van der Waals surface area contributed by atoms with Gasteiger partial charge in [0.2, 0.25) is 0 Å². The predicted octanol–water partition coefficient (Wildman–Crippen LogP) is 2.98. The maximum absolute atomic E-state index is 11.5. The van der Waals surface area contributed by atoms with Gasteiger partial charge in [0.05, 0.1) is 0 Å². The Hall–Kier alpha value is -1.71. The van der Waals surface area contributed by atoms with Crippen molar-refractivity contribution in [1.82, 2.24) is 0 Å². The molecule has 1 N–H and O–H groups in total. The van der Waals surface area contributed by atoms with Crippen LogP contribution in [0.25, 0.3) is 0 Å². The van der Waals surface area contributed by atoms with E-state index in [2.05, 4.69) is 5.32 Å². The number of benzene rings is 1. The number of ether oxygens (including phenoxy) is 2. The molecule has 4 nitrogen and oxygen atoms in total. The van der Waals surface area contributed by atoms with Crippen molar-refractivity contribution in [2.45, 2.75) is 51.9 Å². The Morgan fingerprint density at radius 2 is 1.89 bits per heavy atom. The van der Waals surface area contributed by atoms with Crippen molar-refractivity contribution in [2.24, 2.45) is 0 Å². The van der Waals surface area contributed by atoms with E-state index < -0.39 is 0 Å². The van der Waals surface area contributed by atoms with E-state index in [0.717, 1.165) is 11.4 Å². The molecule has 0 bridgehead atoms. The highest BCUT2D eigenvalue weighted by molar-refractivity contribution is 5.81. The molecule has 0 amide bonds. The fourth-order valence-corrected chi connectivity index (χ4v) is 2.05. The third kappa shape index (κ3) is 3.88. The molecule has 0 aliphatic carbocycles. The molecule has 1 aliphatic rings. The average molecular weight is 263 g/mol. The minimum Gasteiger partial charge on any atom is -0.488 e. The molecule has 1 aromatic rings. The lowest BCUT2D eigenvalue weighted by Crippen LogP contribution is -2.24. The van der Waals surface area contributed by atoms with Crippen LogP contribution >= 0.6 is 0 Å². The molecule has 1 aromatic carbocycles. The summed E-state index contributed by atoms with van der Waals surface area (Å²) in [6.45, 7) is 7.93. The van der Waals surface area contributed by atoms with Crippen molar-refractivity contribution in [3.8, 4) is 5.75 Å². The summed E-state index contributed by atoms with van der Waals surface area (Å²) in [5.41, 5.74) is 0.692. The summed E-state index contributed by atoms with van der Waals surface area (Å²) in [5, 5.41) is 3.18. The molecule has 2 atom stereocenters. The van der Waals surface area contributed by atoms with Gasteiger partial charge in [-0.1, -0.05) is 0 Å². The highest BCUT2D eigenvalue weighted by Gasteiger charge is 2.31. The molecule has 2 unspecified atom stereocenters. The number of hydrogen-bond acceptors (Lipinski definition) is 4. The Labute approximate surface area is 114 Å². The number of cyclic esters (lactones) is 1. The van der Waals surface area contributed by atoms with Crippen molar-refractivity contribution >= 4 is 11.7 Å². The summed E-state index contributed by atoms with van der Waals surface area (Å²) < 4.78 is 10.9. The molecule has 0 aromatic heterocycles. The van der Waals surface area contributed by atoms with Gasteiger partial charge in [-0.3, -0.25) is 0 Å². The number of carbonyl (C=O) groups is 1. The second-order valence-electron chi connectivity index (χ2n) is 5.92. The molecule has 0 radical (unpaired) electrons. The van der Waals surface area contributed by atoms with Crippen LogP contribution in [0.5, 0.6) is 5.75 Å². The third-order valence-corrected chi connectivity index (χ3v) is 2.79. The lowest BCUT2D eigenvalue weighted by atomic mass is 10.1. The first kappa shape index (κ1) is 13.7. The second-order valence-corrected chi connectivity index (χ2v) is 5.92. The van der Waals surface area contributed by atoms with E-state index in [0.29, 0.717) is 6.42 Å². The van der Waals surface area contributed by atoms with Crippen molar-refractivity contribution in [1.29, 1.82) is 0 Å². The first-order valence-electron chi connectivity index (χ1n) is 6.59. The zero-order valence-corrected chi connectivity index (χ0v) is 11.9. The van der Waals surface area contributed by atoms with Gasteiger partial charge in [0.25, 0.3) is 0 Å². The van der Waals surface area contributed by atoms with Gasteiger partial charge in [-0.05, 0) is 52.0 Å². The Morgan fingerprint density at radius 1 is 1.26 bits per heavy atom. The Bertz CT molecular complexity index is 447. The molecule has 1 heterocycles. The third-order valence-electron chi connectivity index (χ3n) is 2.79. The van der Waals surface area contributed by atoms with Crippen LogP contribution in [0.4, 0.5) is 5.69 Å². The van der Waals surface area contributed by atoms with Crippen LogP contribution in [0.15, 0.2) is 24.3 Å². The van der Waals surface area contributed by atoms with Gasteiger partial charge < -0.3 is 14.8 Å². The normalized spacial score (nSPS) is 23.1. The number of anilines is 1. The highest BCUT2D eigenvalue weighted by Crippen LogP contribution is 2.23. The number of carbonyl (C=O) groups excluding carboxylic acids is 1. The molecule has 104 valence electrons. The average Bonchev–Trinajstić information content (AvgIpc) is 2.58. The predicted molar refractivity (Wildman–Crippen MR) is 74.4 cm³/mol. The van der Waals surface area contributed by atoms with E-state index in [1.807, 2.05) is 52.0 Å². The lowest BCUT2D eigenvalue weighted by Gasteiger charge is -2.21. The molecule has 1 fully saturated rings. The number of hydrogen-bond donors (Lipinski definition) is 1. The smallest absolute Gasteiger partial charge is 0.328 e. The minimum atomic E-state index is -0.246. The molecular formula is C15H21NO3. The molecule has 1 aliphatic heterocycles. The first-order valence-corrected chi connectivity index (χ1v) is 6.59. The van der Waals surface area contributed by atoms with E-state index in [1.54, 1.807) is 0 Å². The fourth-order valence-electron chi connectivity index (χ4n) is 2.05. The summed E-state index contributed by atoms with van der Waals surface area (Å²) >= 11 is 0. The summed E-state index contributed by atoms with van der Waals surface area (Å²) in [5.74, 6) is 0.642. The van der Waals surface area contributed by atoms with Crippen molar-refractivity contribution in [3.63, 3.8) is 0 Å². The highest BCUT2D eigenvalue weighted by atomic mass is 16.6. The lowest BCUT2D eigenvalue weighted by molar-refractivity contribution is -0.141. The minimum absolute atomic E-state index is 0.00602. The van der Waals surface area contributed by atoms with Crippen LogP contribution in [0, 0.1) is 0 Å². The van der Waals surface area contributed by atoms with Crippen LogP contribution in [0.1, 0.15) is 34.1 Å². The maximum atomic E-state index is 11.5. The molecule has 4 heteroatoms. The largest absolute Gasteiger partial charge is 0.488 e. The number of rotatable bonds is 3. The van der Waals surface area contributed by atoms with Crippen LogP contribution in [0.3, 0.4) is 0 Å². The maximum Gasteiger partial charge on any atom is 0.328 e. The van der Waals surface area contributed by atoms with Crippen LogP contribution in [-0.4, -0.2) is 23.7 Å². The van der Waals surface area contributed by atoms with Crippen LogP contribution in [0.2, 0.25) is 0 Å². The van der Waals surface area contributed by atoms with Gasteiger partial charge in [-0.15, -0.1) is 0 Å². The Kier molecular flexibility index (Phi) is 3.69. The molecule has 1 saturated heterocycles. The molecule has 0 spiro atoms. The van der Waals surface area contributed by atoms with E-state index in [-0.39, 0.29) is 23.7 Å². The van der Waals surface area contributed by atoms with Gasteiger partial charge in [0, 0.05) is 12.1 Å². The molecule has 2 rings (SSSR count). The van der Waals surface area contributed by atoms with Gasteiger partial charge in [-0.2, -0.15) is 0 Å². The zero-order valence-electron chi connectivity index (χ0n) is 11.9. The van der Waals surface area contributed by atoms with E-state index in [4.69, 9.17) is 9.47 Å². The van der Waals surface area contributed by atoms with Gasteiger partial charge in [0.1, 0.15) is 23.5 Å².